The van der Waals surface area contributed by atoms with Gasteiger partial charge >= 0.3 is 7.12 Å². The number of fused-ring (bicyclic) bond motifs is 1. The van der Waals surface area contributed by atoms with E-state index in [1.807, 2.05) is 0 Å². The molecule has 0 atom stereocenters. The Morgan fingerprint density at radius 3 is 3.08 bits per heavy atom. The summed E-state index contributed by atoms with van der Waals surface area (Å²) in [4.78, 5) is 0. The quantitative estimate of drug-likeness (QED) is 0.589. The summed E-state index contributed by atoms with van der Waals surface area (Å²) in [6, 6.07) is 2.92. The lowest BCUT2D eigenvalue weighted by atomic mass is 9.78. The average molecular weight is 245 g/mol. The molecule has 68 valence electrons. The molecule has 1 aliphatic heterocycles. The highest BCUT2D eigenvalue weighted by atomic mass is 79.9. The van der Waals surface area contributed by atoms with Gasteiger partial charge in [-0.05, 0) is 17.1 Å². The van der Waals surface area contributed by atoms with Gasteiger partial charge in [0, 0.05) is 10.9 Å². The fourth-order valence-corrected chi connectivity index (χ4v) is 2.09. The minimum atomic E-state index is -0.895. The molecule has 0 bridgehead atoms. The zero-order valence-corrected chi connectivity index (χ0v) is 8.34. The first-order chi connectivity index (χ1) is 6.24. The maximum Gasteiger partial charge on any atom is 0.491 e. The van der Waals surface area contributed by atoms with Crippen molar-refractivity contribution in [3.63, 3.8) is 0 Å². The van der Waals surface area contributed by atoms with E-state index in [1.54, 1.807) is 6.07 Å². The third-order valence-electron chi connectivity index (χ3n) is 2.20. The smallest absolute Gasteiger partial charge is 0.423 e. The number of alkyl halides is 1. The largest absolute Gasteiger partial charge is 0.491 e. The number of hydrogen-bond acceptors (Lipinski definition) is 2. The van der Waals surface area contributed by atoms with Crippen LogP contribution in [0.3, 0.4) is 0 Å². The Labute approximate surface area is 84.0 Å². The van der Waals surface area contributed by atoms with Gasteiger partial charge in [0.2, 0.25) is 0 Å². The minimum Gasteiger partial charge on any atom is -0.423 e. The molecule has 0 saturated carbocycles. The summed E-state index contributed by atoms with van der Waals surface area (Å²) >= 11 is 3.20. The Bertz CT molecular complexity index is 345. The number of rotatable bonds is 1. The van der Waals surface area contributed by atoms with Crippen LogP contribution in [0.4, 0.5) is 4.39 Å². The molecule has 5 heteroatoms. The van der Waals surface area contributed by atoms with Crippen molar-refractivity contribution in [2.45, 2.75) is 11.9 Å². The second kappa shape index (κ2) is 3.40. The molecule has 2 rings (SSSR count). The normalized spacial score (nSPS) is 14.8. The van der Waals surface area contributed by atoms with Gasteiger partial charge < -0.3 is 9.68 Å². The summed E-state index contributed by atoms with van der Waals surface area (Å²) < 4.78 is 18.2. The molecule has 13 heavy (non-hydrogen) atoms. The van der Waals surface area contributed by atoms with Crippen LogP contribution < -0.4 is 5.46 Å². The van der Waals surface area contributed by atoms with E-state index >= 15 is 0 Å². The highest BCUT2D eigenvalue weighted by Crippen LogP contribution is 2.20. The third kappa shape index (κ3) is 1.41. The van der Waals surface area contributed by atoms with E-state index in [1.165, 1.54) is 6.07 Å². The first-order valence-corrected chi connectivity index (χ1v) is 5.02. The van der Waals surface area contributed by atoms with Gasteiger partial charge in [0.05, 0.1) is 6.61 Å². The van der Waals surface area contributed by atoms with E-state index in [0.29, 0.717) is 16.4 Å². The molecular formula is C8H7BBrFO2. The molecule has 0 amide bonds. The lowest BCUT2D eigenvalue weighted by Gasteiger charge is -2.04. The Balaban J connectivity index is 2.57. The zero-order valence-electron chi connectivity index (χ0n) is 6.76. The third-order valence-corrected chi connectivity index (χ3v) is 2.76. The number of halogens is 2. The number of benzene rings is 1. The number of hydrogen-bond donors (Lipinski definition) is 1. The Morgan fingerprint density at radius 2 is 2.38 bits per heavy atom. The van der Waals surface area contributed by atoms with Gasteiger partial charge in [0.25, 0.3) is 0 Å². The summed E-state index contributed by atoms with van der Waals surface area (Å²) in [5.41, 5.74) is 2.02. The van der Waals surface area contributed by atoms with Gasteiger partial charge in [-0.2, -0.15) is 0 Å². The molecule has 1 aromatic rings. The molecule has 0 unspecified atom stereocenters. The molecule has 0 fully saturated rings. The topological polar surface area (TPSA) is 29.5 Å². The van der Waals surface area contributed by atoms with E-state index in [-0.39, 0.29) is 12.4 Å². The fourth-order valence-electron chi connectivity index (χ4n) is 1.48. The SMILES string of the molecule is OB1OCc2c1ccc(F)c2CBr. The first-order valence-electron chi connectivity index (χ1n) is 3.90. The summed E-state index contributed by atoms with van der Waals surface area (Å²) in [5.74, 6) is -0.256. The van der Waals surface area contributed by atoms with Crippen LogP contribution in [0.1, 0.15) is 11.1 Å². The van der Waals surface area contributed by atoms with Crippen molar-refractivity contribution in [2.75, 3.05) is 0 Å². The summed E-state index contributed by atoms with van der Waals surface area (Å²) in [5, 5.41) is 9.77. The van der Waals surface area contributed by atoms with Crippen molar-refractivity contribution in [3.8, 4) is 0 Å². The summed E-state index contributed by atoms with van der Waals surface area (Å²) in [6.07, 6.45) is 0. The predicted molar refractivity (Wildman–Crippen MR) is 51.4 cm³/mol. The molecule has 0 aliphatic carbocycles. The molecule has 0 saturated heterocycles. The van der Waals surface area contributed by atoms with Crippen molar-refractivity contribution >= 4 is 28.5 Å². The second-order valence-corrected chi connectivity index (χ2v) is 3.45. The molecular weight excluding hydrogens is 238 g/mol. The Kier molecular flexibility index (Phi) is 2.40. The molecule has 1 N–H and O–H groups in total. The molecule has 0 aromatic heterocycles. The molecule has 1 aliphatic rings. The highest BCUT2D eigenvalue weighted by Gasteiger charge is 2.29. The molecule has 0 radical (unpaired) electrons. The average Bonchev–Trinajstić information content (AvgIpc) is 2.48. The van der Waals surface area contributed by atoms with E-state index in [2.05, 4.69) is 15.9 Å². The lowest BCUT2D eigenvalue weighted by Crippen LogP contribution is -2.28. The van der Waals surface area contributed by atoms with Crippen molar-refractivity contribution in [1.82, 2.24) is 0 Å². The van der Waals surface area contributed by atoms with E-state index in [9.17, 15) is 9.41 Å². The van der Waals surface area contributed by atoms with Gasteiger partial charge in [0.15, 0.2) is 0 Å². The van der Waals surface area contributed by atoms with Crippen LogP contribution >= 0.6 is 15.9 Å². The van der Waals surface area contributed by atoms with Crippen LogP contribution in [-0.2, 0) is 16.6 Å². The van der Waals surface area contributed by atoms with Crippen LogP contribution in [-0.4, -0.2) is 12.1 Å². The van der Waals surface area contributed by atoms with Gasteiger partial charge in [-0.25, -0.2) is 4.39 Å². The highest BCUT2D eigenvalue weighted by molar-refractivity contribution is 9.08. The summed E-state index contributed by atoms with van der Waals surface area (Å²) in [6.45, 7) is 0.287. The maximum atomic E-state index is 13.2. The lowest BCUT2D eigenvalue weighted by molar-refractivity contribution is 0.274. The van der Waals surface area contributed by atoms with E-state index in [4.69, 9.17) is 4.65 Å². The van der Waals surface area contributed by atoms with Crippen LogP contribution in [0.5, 0.6) is 0 Å². The summed E-state index contributed by atoms with van der Waals surface area (Å²) in [7, 11) is -0.895. The van der Waals surface area contributed by atoms with Gasteiger partial charge in [-0.15, -0.1) is 0 Å². The van der Waals surface area contributed by atoms with E-state index in [0.717, 1.165) is 5.56 Å². The standard InChI is InChI=1S/C8H7BBrFO2/c10-3-5-6-4-13-9(12)7(6)1-2-8(5)11/h1-2,12H,3-4H2. The second-order valence-electron chi connectivity index (χ2n) is 2.89. The van der Waals surface area contributed by atoms with Gasteiger partial charge in [-0.3, -0.25) is 0 Å². The Hall–Kier alpha value is -0.385. The van der Waals surface area contributed by atoms with Crippen molar-refractivity contribution < 1.29 is 14.1 Å². The van der Waals surface area contributed by atoms with Crippen molar-refractivity contribution in [2.24, 2.45) is 0 Å². The zero-order chi connectivity index (χ0) is 9.42. The van der Waals surface area contributed by atoms with Gasteiger partial charge in [0.1, 0.15) is 5.82 Å². The molecule has 0 spiro atoms. The maximum absolute atomic E-state index is 13.2. The molecule has 2 nitrogen and oxygen atoms in total. The Morgan fingerprint density at radius 1 is 1.62 bits per heavy atom. The first kappa shape index (κ1) is 9.18. The van der Waals surface area contributed by atoms with Gasteiger partial charge in [-0.1, -0.05) is 22.0 Å². The van der Waals surface area contributed by atoms with E-state index < -0.39 is 7.12 Å². The fraction of sp³-hybridized carbons (Fsp3) is 0.250. The van der Waals surface area contributed by atoms with Crippen LogP contribution in [0.15, 0.2) is 12.1 Å². The molecule has 1 aromatic carbocycles. The minimum absolute atomic E-state index is 0.256. The van der Waals surface area contributed by atoms with Crippen molar-refractivity contribution in [3.05, 3.63) is 29.1 Å². The molecule has 1 heterocycles. The van der Waals surface area contributed by atoms with Crippen LogP contribution in [0, 0.1) is 5.82 Å². The van der Waals surface area contributed by atoms with Crippen molar-refractivity contribution in [1.29, 1.82) is 0 Å². The van der Waals surface area contributed by atoms with Crippen LogP contribution in [0.2, 0.25) is 0 Å². The predicted octanol–water partition coefficient (Wildman–Crippen LogP) is 0.938. The van der Waals surface area contributed by atoms with Crippen LogP contribution in [0.25, 0.3) is 0 Å². The monoisotopic (exact) mass is 244 g/mol.